The molecule has 0 radical (unpaired) electrons. The van der Waals surface area contributed by atoms with Crippen molar-refractivity contribution in [1.82, 2.24) is 0 Å². The molecule has 1 amide bonds. The number of hydrogen-bond donors (Lipinski definition) is 2. The Labute approximate surface area is 141 Å². The summed E-state index contributed by atoms with van der Waals surface area (Å²) in [4.78, 5) is 12.1. The number of nitrogens with one attached hydrogen (secondary N) is 2. The van der Waals surface area contributed by atoms with Crippen LogP contribution in [0.2, 0.25) is 5.02 Å². The van der Waals surface area contributed by atoms with Crippen molar-refractivity contribution < 1.29 is 9.53 Å². The predicted octanol–water partition coefficient (Wildman–Crippen LogP) is 4.41. The lowest BCUT2D eigenvalue weighted by atomic mass is 10.1. The van der Waals surface area contributed by atoms with Crippen LogP contribution in [0.4, 0.5) is 11.4 Å². The van der Waals surface area contributed by atoms with E-state index in [9.17, 15) is 4.79 Å². The molecule has 0 saturated heterocycles. The van der Waals surface area contributed by atoms with E-state index in [1.807, 2.05) is 6.07 Å². The molecule has 2 N–H and O–H groups in total. The Bertz CT molecular complexity index is 701. The normalized spacial score (nSPS) is 10.3. The molecule has 0 aliphatic heterocycles. The molecule has 2 aromatic rings. The number of carbonyl (C=O) groups is 1. The second kappa shape index (κ2) is 7.88. The first-order valence-electron chi connectivity index (χ1n) is 7.44. The molecule has 0 unspecified atom stereocenters. The van der Waals surface area contributed by atoms with Gasteiger partial charge in [0, 0.05) is 23.7 Å². The summed E-state index contributed by atoms with van der Waals surface area (Å²) in [7, 11) is 1.56. The third-order valence-corrected chi connectivity index (χ3v) is 3.86. The van der Waals surface area contributed by atoms with Crippen LogP contribution < -0.4 is 15.4 Å². The molecule has 2 rings (SSSR count). The van der Waals surface area contributed by atoms with Gasteiger partial charge in [-0.05, 0) is 55.3 Å². The lowest BCUT2D eigenvalue weighted by molar-refractivity contribution is -0.115. The van der Waals surface area contributed by atoms with E-state index in [4.69, 9.17) is 16.3 Å². The maximum absolute atomic E-state index is 12.1. The Balaban J connectivity index is 1.88. The molecule has 122 valence electrons. The zero-order valence-corrected chi connectivity index (χ0v) is 14.3. The van der Waals surface area contributed by atoms with Gasteiger partial charge in [-0.1, -0.05) is 17.7 Å². The van der Waals surface area contributed by atoms with Crippen molar-refractivity contribution >= 4 is 28.9 Å². The van der Waals surface area contributed by atoms with Gasteiger partial charge in [-0.3, -0.25) is 4.79 Å². The van der Waals surface area contributed by atoms with E-state index >= 15 is 0 Å². The summed E-state index contributed by atoms with van der Waals surface area (Å²) in [6, 6.07) is 11.3. The molecule has 0 heterocycles. The molecule has 0 aliphatic rings. The van der Waals surface area contributed by atoms with Gasteiger partial charge < -0.3 is 15.4 Å². The monoisotopic (exact) mass is 332 g/mol. The van der Waals surface area contributed by atoms with Gasteiger partial charge in [0.05, 0.1) is 12.8 Å². The minimum absolute atomic E-state index is 0.0955. The van der Waals surface area contributed by atoms with Crippen LogP contribution in [0.1, 0.15) is 17.5 Å². The number of ether oxygens (including phenoxy) is 1. The van der Waals surface area contributed by atoms with Gasteiger partial charge in [-0.15, -0.1) is 0 Å². The van der Waals surface area contributed by atoms with Crippen LogP contribution in [-0.4, -0.2) is 19.6 Å². The van der Waals surface area contributed by atoms with E-state index in [1.165, 1.54) is 11.1 Å². The van der Waals surface area contributed by atoms with E-state index in [2.05, 4.69) is 36.6 Å². The van der Waals surface area contributed by atoms with Crippen LogP contribution in [0, 0.1) is 13.8 Å². The number of carbonyl (C=O) groups excluding carboxylic acids is 1. The number of anilines is 2. The summed E-state index contributed by atoms with van der Waals surface area (Å²) >= 11 is 5.95. The van der Waals surface area contributed by atoms with E-state index in [-0.39, 0.29) is 5.91 Å². The van der Waals surface area contributed by atoms with Crippen molar-refractivity contribution in [2.24, 2.45) is 0 Å². The number of rotatable bonds is 6. The third kappa shape index (κ3) is 4.89. The maximum atomic E-state index is 12.1. The molecule has 0 spiro atoms. The Hall–Kier alpha value is -2.20. The summed E-state index contributed by atoms with van der Waals surface area (Å²) < 4.78 is 5.21. The molecule has 4 nitrogen and oxygen atoms in total. The second-order valence-corrected chi connectivity index (χ2v) is 5.81. The minimum atomic E-state index is -0.0955. The zero-order valence-electron chi connectivity index (χ0n) is 13.6. The Morgan fingerprint density at radius 3 is 2.61 bits per heavy atom. The van der Waals surface area contributed by atoms with Gasteiger partial charge in [-0.2, -0.15) is 0 Å². The molecule has 5 heteroatoms. The number of benzene rings is 2. The molecule has 0 fully saturated rings. The highest BCUT2D eigenvalue weighted by Crippen LogP contribution is 2.27. The molecule has 0 atom stereocenters. The number of amides is 1. The molecule has 0 aromatic heterocycles. The lowest BCUT2D eigenvalue weighted by Crippen LogP contribution is -2.16. The molecule has 23 heavy (non-hydrogen) atoms. The summed E-state index contributed by atoms with van der Waals surface area (Å²) in [5.41, 5.74) is 4.07. The SMILES string of the molecule is COc1ccc(Cl)cc1NC(=O)CCNc1ccc(C)c(C)c1. The number of halogens is 1. The minimum Gasteiger partial charge on any atom is -0.495 e. The fraction of sp³-hybridized carbons (Fsp3) is 0.278. The van der Waals surface area contributed by atoms with Crippen molar-refractivity contribution in [1.29, 1.82) is 0 Å². The van der Waals surface area contributed by atoms with Crippen LogP contribution in [0.5, 0.6) is 5.75 Å². The van der Waals surface area contributed by atoms with Crippen LogP contribution in [0.15, 0.2) is 36.4 Å². The summed E-state index contributed by atoms with van der Waals surface area (Å²) in [5.74, 6) is 0.492. The van der Waals surface area contributed by atoms with E-state index in [1.54, 1.807) is 25.3 Å². The van der Waals surface area contributed by atoms with Gasteiger partial charge in [0.25, 0.3) is 0 Å². The quantitative estimate of drug-likeness (QED) is 0.824. The average molecular weight is 333 g/mol. The van der Waals surface area contributed by atoms with Crippen molar-refractivity contribution in [2.45, 2.75) is 20.3 Å². The summed E-state index contributed by atoms with van der Waals surface area (Å²) in [6.45, 7) is 4.70. The zero-order chi connectivity index (χ0) is 16.8. The Morgan fingerprint density at radius 2 is 1.91 bits per heavy atom. The largest absolute Gasteiger partial charge is 0.495 e. The Morgan fingerprint density at radius 1 is 1.13 bits per heavy atom. The summed E-state index contributed by atoms with van der Waals surface area (Å²) in [6.07, 6.45) is 0.350. The van der Waals surface area contributed by atoms with E-state index < -0.39 is 0 Å². The first-order valence-corrected chi connectivity index (χ1v) is 7.82. The van der Waals surface area contributed by atoms with E-state index in [0.29, 0.717) is 29.4 Å². The first kappa shape index (κ1) is 17.2. The fourth-order valence-corrected chi connectivity index (χ4v) is 2.33. The molecular weight excluding hydrogens is 312 g/mol. The highest BCUT2D eigenvalue weighted by Gasteiger charge is 2.08. The van der Waals surface area contributed by atoms with Gasteiger partial charge in [0.2, 0.25) is 5.91 Å². The van der Waals surface area contributed by atoms with Gasteiger partial charge in [-0.25, -0.2) is 0 Å². The van der Waals surface area contributed by atoms with Crippen LogP contribution in [0.3, 0.4) is 0 Å². The van der Waals surface area contributed by atoms with E-state index in [0.717, 1.165) is 5.69 Å². The van der Waals surface area contributed by atoms with Crippen molar-refractivity contribution in [3.63, 3.8) is 0 Å². The topological polar surface area (TPSA) is 50.4 Å². The van der Waals surface area contributed by atoms with Crippen molar-refractivity contribution in [3.8, 4) is 5.75 Å². The van der Waals surface area contributed by atoms with Crippen molar-refractivity contribution in [3.05, 3.63) is 52.5 Å². The molecule has 2 aromatic carbocycles. The smallest absolute Gasteiger partial charge is 0.226 e. The first-order chi connectivity index (χ1) is 11.0. The number of aryl methyl sites for hydroxylation is 2. The highest BCUT2D eigenvalue weighted by molar-refractivity contribution is 6.31. The van der Waals surface area contributed by atoms with Crippen LogP contribution >= 0.6 is 11.6 Å². The van der Waals surface area contributed by atoms with Gasteiger partial charge in [0.1, 0.15) is 5.75 Å². The second-order valence-electron chi connectivity index (χ2n) is 5.37. The standard InChI is InChI=1S/C18H21ClN2O2/c1-12-4-6-15(10-13(12)2)20-9-8-18(22)21-16-11-14(19)5-7-17(16)23-3/h4-7,10-11,20H,8-9H2,1-3H3,(H,21,22). The fourth-order valence-electron chi connectivity index (χ4n) is 2.16. The average Bonchev–Trinajstić information content (AvgIpc) is 2.51. The lowest BCUT2D eigenvalue weighted by Gasteiger charge is -2.11. The third-order valence-electron chi connectivity index (χ3n) is 3.62. The number of hydrogen-bond acceptors (Lipinski definition) is 3. The summed E-state index contributed by atoms with van der Waals surface area (Å²) in [5, 5.41) is 6.62. The predicted molar refractivity (Wildman–Crippen MR) is 95.7 cm³/mol. The molecule has 0 aliphatic carbocycles. The maximum Gasteiger partial charge on any atom is 0.226 e. The number of methoxy groups -OCH3 is 1. The molecule has 0 bridgehead atoms. The van der Waals surface area contributed by atoms with Gasteiger partial charge >= 0.3 is 0 Å². The Kier molecular flexibility index (Phi) is 5.88. The van der Waals surface area contributed by atoms with Crippen LogP contribution in [-0.2, 0) is 4.79 Å². The molecule has 0 saturated carbocycles. The van der Waals surface area contributed by atoms with Crippen molar-refractivity contribution in [2.75, 3.05) is 24.3 Å². The highest BCUT2D eigenvalue weighted by atomic mass is 35.5. The molecular formula is C18H21ClN2O2. The van der Waals surface area contributed by atoms with Crippen LogP contribution in [0.25, 0.3) is 0 Å². The van der Waals surface area contributed by atoms with Gasteiger partial charge in [0.15, 0.2) is 0 Å².